The molecule has 0 heterocycles. The number of aromatic hydroxyl groups is 1. The van der Waals surface area contributed by atoms with Crippen LogP contribution in [0.1, 0.15) is 17.5 Å². The van der Waals surface area contributed by atoms with Crippen molar-refractivity contribution in [2.45, 2.75) is 12.6 Å². The molecule has 0 saturated carbocycles. The van der Waals surface area contributed by atoms with Crippen molar-refractivity contribution >= 4 is 12.0 Å². The summed E-state index contributed by atoms with van der Waals surface area (Å²) in [5, 5.41) is 9.05. The van der Waals surface area contributed by atoms with Crippen LogP contribution in [0.2, 0.25) is 0 Å². The van der Waals surface area contributed by atoms with Crippen LogP contribution in [0.25, 0.3) is 6.08 Å². The molecule has 6 heteroatoms. The van der Waals surface area contributed by atoms with Gasteiger partial charge >= 0.3 is 12.1 Å². The zero-order valence-corrected chi connectivity index (χ0v) is 9.49. The smallest absolute Gasteiger partial charge is 0.417 e. The van der Waals surface area contributed by atoms with E-state index in [9.17, 15) is 18.0 Å². The van der Waals surface area contributed by atoms with Gasteiger partial charge in [-0.3, -0.25) is 4.79 Å². The molecule has 1 aromatic carbocycles. The lowest BCUT2D eigenvalue weighted by molar-refractivity contribution is -0.139. The Kier molecular flexibility index (Phi) is 4.36. The number of hydrogen-bond donors (Lipinski definition) is 1. The number of rotatable bonds is 3. The van der Waals surface area contributed by atoms with Gasteiger partial charge in [0.25, 0.3) is 0 Å². The Balaban J connectivity index is 2.99. The van der Waals surface area contributed by atoms with Gasteiger partial charge in [-0.2, -0.15) is 13.2 Å². The summed E-state index contributed by atoms with van der Waals surface area (Å²) in [4.78, 5) is 10.8. The maximum atomic E-state index is 12.6. The Bertz CT molecular complexity index is 464. The van der Waals surface area contributed by atoms with E-state index in [0.717, 1.165) is 12.1 Å². The predicted octanol–water partition coefficient (Wildman–Crippen LogP) is 2.99. The first-order valence-corrected chi connectivity index (χ1v) is 4.98. The highest BCUT2D eigenvalue weighted by Gasteiger charge is 2.33. The topological polar surface area (TPSA) is 46.5 Å². The van der Waals surface area contributed by atoms with Crippen molar-refractivity contribution in [2.24, 2.45) is 0 Å². The number of methoxy groups -OCH3 is 1. The second-order valence-corrected chi connectivity index (χ2v) is 3.45. The van der Waals surface area contributed by atoms with Crippen LogP contribution in [-0.2, 0) is 15.7 Å². The average Bonchev–Trinajstić information content (AvgIpc) is 2.29. The van der Waals surface area contributed by atoms with Crippen molar-refractivity contribution in [2.75, 3.05) is 7.11 Å². The number of hydrogen-bond acceptors (Lipinski definition) is 3. The molecule has 18 heavy (non-hydrogen) atoms. The van der Waals surface area contributed by atoms with Crippen molar-refractivity contribution in [1.82, 2.24) is 0 Å². The van der Waals surface area contributed by atoms with E-state index < -0.39 is 23.5 Å². The number of phenols is 1. The third-order valence-corrected chi connectivity index (χ3v) is 2.15. The van der Waals surface area contributed by atoms with Crippen molar-refractivity contribution in [3.63, 3.8) is 0 Å². The monoisotopic (exact) mass is 260 g/mol. The zero-order valence-electron chi connectivity index (χ0n) is 9.49. The normalized spacial score (nSPS) is 11.8. The summed E-state index contributed by atoms with van der Waals surface area (Å²) >= 11 is 0. The highest BCUT2D eigenvalue weighted by Crippen LogP contribution is 2.34. The minimum Gasteiger partial charge on any atom is -0.508 e. The van der Waals surface area contributed by atoms with Crippen LogP contribution in [0.3, 0.4) is 0 Å². The molecule has 0 unspecified atom stereocenters. The second-order valence-electron chi connectivity index (χ2n) is 3.45. The Hall–Kier alpha value is -1.98. The standard InChI is InChI=1S/C12H11F3O3/c1-18-11(17)4-2-3-8-5-6-9(16)7-10(8)12(13,14)15/h2-3,5-7,16H,4H2,1H3. The summed E-state index contributed by atoms with van der Waals surface area (Å²) in [6.45, 7) is 0. The molecule has 1 rings (SSSR count). The van der Waals surface area contributed by atoms with Gasteiger partial charge in [0.05, 0.1) is 19.1 Å². The fourth-order valence-electron chi connectivity index (χ4n) is 1.30. The third kappa shape index (κ3) is 3.80. The first kappa shape index (κ1) is 14.1. The van der Waals surface area contributed by atoms with E-state index in [1.54, 1.807) is 0 Å². The van der Waals surface area contributed by atoms with Gasteiger partial charge in [0.15, 0.2) is 0 Å². The van der Waals surface area contributed by atoms with E-state index in [1.807, 2.05) is 0 Å². The molecular weight excluding hydrogens is 249 g/mol. The van der Waals surface area contributed by atoms with Crippen LogP contribution in [0, 0.1) is 0 Å². The van der Waals surface area contributed by atoms with Crippen molar-refractivity contribution in [3.8, 4) is 5.75 Å². The average molecular weight is 260 g/mol. The second kappa shape index (κ2) is 5.57. The summed E-state index contributed by atoms with van der Waals surface area (Å²) in [5.74, 6) is -1.01. The minimum absolute atomic E-state index is 0.116. The molecule has 1 aromatic rings. The first-order chi connectivity index (χ1) is 8.34. The molecule has 0 aliphatic carbocycles. The largest absolute Gasteiger partial charge is 0.508 e. The first-order valence-electron chi connectivity index (χ1n) is 4.98. The van der Waals surface area contributed by atoms with E-state index in [1.165, 1.54) is 19.3 Å². The van der Waals surface area contributed by atoms with E-state index in [2.05, 4.69) is 4.74 Å². The van der Waals surface area contributed by atoms with Crippen molar-refractivity contribution in [1.29, 1.82) is 0 Å². The Morgan fingerprint density at radius 2 is 2.11 bits per heavy atom. The molecular formula is C12H11F3O3. The number of halogens is 3. The van der Waals surface area contributed by atoms with Crippen LogP contribution < -0.4 is 0 Å². The molecule has 0 spiro atoms. The van der Waals surface area contributed by atoms with E-state index in [4.69, 9.17) is 5.11 Å². The third-order valence-electron chi connectivity index (χ3n) is 2.15. The molecule has 0 amide bonds. The highest BCUT2D eigenvalue weighted by atomic mass is 19.4. The lowest BCUT2D eigenvalue weighted by Gasteiger charge is -2.10. The molecule has 1 N–H and O–H groups in total. The van der Waals surface area contributed by atoms with Crippen LogP contribution >= 0.6 is 0 Å². The van der Waals surface area contributed by atoms with Crippen LogP contribution in [0.5, 0.6) is 5.75 Å². The number of benzene rings is 1. The lowest BCUT2D eigenvalue weighted by Crippen LogP contribution is -2.07. The molecule has 0 aliphatic rings. The minimum atomic E-state index is -4.57. The SMILES string of the molecule is COC(=O)CC=Cc1ccc(O)cc1C(F)(F)F. The maximum Gasteiger partial charge on any atom is 0.417 e. The summed E-state index contributed by atoms with van der Waals surface area (Å²) in [6.07, 6.45) is -2.25. The molecule has 0 atom stereocenters. The van der Waals surface area contributed by atoms with Crippen molar-refractivity contribution in [3.05, 3.63) is 35.4 Å². The number of carbonyl (C=O) groups excluding carboxylic acids is 1. The predicted molar refractivity (Wildman–Crippen MR) is 58.8 cm³/mol. The summed E-state index contributed by atoms with van der Waals surface area (Å²) < 4.78 is 42.3. The van der Waals surface area contributed by atoms with Gasteiger partial charge in [0.1, 0.15) is 5.75 Å². The van der Waals surface area contributed by atoms with E-state index in [-0.39, 0.29) is 12.0 Å². The zero-order chi connectivity index (χ0) is 13.8. The van der Waals surface area contributed by atoms with Gasteiger partial charge in [-0.25, -0.2) is 0 Å². The molecule has 98 valence electrons. The van der Waals surface area contributed by atoms with Gasteiger partial charge in [-0.05, 0) is 17.7 Å². The summed E-state index contributed by atoms with van der Waals surface area (Å²) in [6, 6.07) is 2.91. The van der Waals surface area contributed by atoms with Gasteiger partial charge in [0, 0.05) is 0 Å². The molecule has 0 fully saturated rings. The molecule has 3 nitrogen and oxygen atoms in total. The lowest BCUT2D eigenvalue weighted by atomic mass is 10.1. The van der Waals surface area contributed by atoms with E-state index >= 15 is 0 Å². The van der Waals surface area contributed by atoms with Crippen molar-refractivity contribution < 1.29 is 27.8 Å². The Labute approximate surface area is 101 Å². The fourth-order valence-corrected chi connectivity index (χ4v) is 1.30. The number of carbonyl (C=O) groups is 1. The maximum absolute atomic E-state index is 12.6. The van der Waals surface area contributed by atoms with Crippen LogP contribution in [0.4, 0.5) is 13.2 Å². The molecule has 0 aromatic heterocycles. The quantitative estimate of drug-likeness (QED) is 0.850. The van der Waals surface area contributed by atoms with Crippen LogP contribution in [-0.4, -0.2) is 18.2 Å². The summed E-state index contributed by atoms with van der Waals surface area (Å²) in [7, 11) is 1.19. The summed E-state index contributed by atoms with van der Waals surface area (Å²) in [5.41, 5.74) is -1.08. The van der Waals surface area contributed by atoms with Gasteiger partial charge in [-0.1, -0.05) is 18.2 Å². The Morgan fingerprint density at radius 3 is 2.67 bits per heavy atom. The molecule has 0 saturated heterocycles. The van der Waals surface area contributed by atoms with E-state index in [0.29, 0.717) is 6.07 Å². The van der Waals surface area contributed by atoms with Gasteiger partial charge in [0.2, 0.25) is 0 Å². The van der Waals surface area contributed by atoms with Gasteiger partial charge in [-0.15, -0.1) is 0 Å². The molecule has 0 radical (unpaired) electrons. The number of ether oxygens (including phenoxy) is 1. The molecule has 0 aliphatic heterocycles. The highest BCUT2D eigenvalue weighted by molar-refractivity contribution is 5.72. The van der Waals surface area contributed by atoms with Gasteiger partial charge < -0.3 is 9.84 Å². The van der Waals surface area contributed by atoms with Crippen LogP contribution in [0.15, 0.2) is 24.3 Å². The number of phenolic OH excluding ortho intramolecular Hbond substituents is 1. The fraction of sp³-hybridized carbons (Fsp3) is 0.250. The number of alkyl halides is 3. The Morgan fingerprint density at radius 1 is 1.44 bits per heavy atom. The number of esters is 1. The molecule has 0 bridgehead atoms.